The molecule has 8 heteroatoms. The molecule has 0 fully saturated rings. The molecule has 0 radical (unpaired) electrons. The first kappa shape index (κ1) is 24.6. The Morgan fingerprint density at radius 3 is 2.82 bits per heavy atom. The third kappa shape index (κ3) is 5.11. The summed E-state index contributed by atoms with van der Waals surface area (Å²) in [5.74, 6) is -0.230. The Hall–Kier alpha value is -2.50. The highest BCUT2D eigenvalue weighted by Gasteiger charge is 2.29. The van der Waals surface area contributed by atoms with Gasteiger partial charge in [-0.1, -0.05) is 25.1 Å². The van der Waals surface area contributed by atoms with E-state index in [1.165, 1.54) is 17.8 Å². The summed E-state index contributed by atoms with van der Waals surface area (Å²) in [4.78, 5) is 11.6. The molecule has 1 aromatic carbocycles. The van der Waals surface area contributed by atoms with Crippen molar-refractivity contribution >= 4 is 26.9 Å². The minimum absolute atomic E-state index is 0.0416. The molecule has 4 rings (SSSR count). The van der Waals surface area contributed by atoms with Crippen LogP contribution in [0.3, 0.4) is 0 Å². The first-order valence-corrected chi connectivity index (χ1v) is 13.0. The van der Waals surface area contributed by atoms with Gasteiger partial charge >= 0.3 is 5.97 Å². The lowest BCUT2D eigenvalue weighted by molar-refractivity contribution is -0.136. The normalized spacial score (nSPS) is 20.1. The molecule has 182 valence electrons. The quantitative estimate of drug-likeness (QED) is 0.581. The van der Waals surface area contributed by atoms with E-state index >= 15 is 0 Å². The van der Waals surface area contributed by atoms with Crippen molar-refractivity contribution in [1.82, 2.24) is 14.8 Å². The molecule has 5 nitrogen and oxygen atoms in total. The number of aliphatic carboxylic acids is 1. The first-order valence-electron chi connectivity index (χ1n) is 11.9. The van der Waals surface area contributed by atoms with Gasteiger partial charge in [-0.2, -0.15) is 0 Å². The van der Waals surface area contributed by atoms with Crippen molar-refractivity contribution in [2.45, 2.75) is 71.4 Å². The Kier molecular flexibility index (Phi) is 7.84. The molecule has 2 N–H and O–H groups in total. The molecule has 1 aromatic heterocycles. The van der Waals surface area contributed by atoms with E-state index in [0.29, 0.717) is 15.2 Å². The van der Waals surface area contributed by atoms with E-state index < -0.39 is 17.6 Å². The molecular formula is C26H32F2N3O2P. The number of fused-ring (bicyclic) bond motifs is 1. The zero-order valence-corrected chi connectivity index (χ0v) is 20.7. The predicted octanol–water partition coefficient (Wildman–Crippen LogP) is 3.98. The van der Waals surface area contributed by atoms with Gasteiger partial charge in [0, 0.05) is 23.3 Å². The summed E-state index contributed by atoms with van der Waals surface area (Å²) in [6.07, 6.45) is 9.38. The topological polar surface area (TPSA) is 57.5 Å². The second kappa shape index (κ2) is 10.8. The van der Waals surface area contributed by atoms with Gasteiger partial charge in [0.25, 0.3) is 0 Å². The van der Waals surface area contributed by atoms with E-state index in [2.05, 4.69) is 33.6 Å². The Morgan fingerprint density at radius 1 is 1.29 bits per heavy atom. The van der Waals surface area contributed by atoms with E-state index in [4.69, 9.17) is 0 Å². The van der Waals surface area contributed by atoms with Crippen LogP contribution in [0.15, 0.2) is 29.7 Å². The van der Waals surface area contributed by atoms with Crippen LogP contribution in [-0.4, -0.2) is 26.7 Å². The summed E-state index contributed by atoms with van der Waals surface area (Å²) < 4.78 is 29.2. The molecular weight excluding hydrogens is 455 g/mol. The lowest BCUT2D eigenvalue weighted by Crippen LogP contribution is -2.43. The second-order valence-electron chi connectivity index (χ2n) is 8.86. The van der Waals surface area contributed by atoms with E-state index in [1.807, 2.05) is 13.0 Å². The number of carbonyl (C=O) groups is 1. The standard InChI is InChI=1S/C26H32F2N3O2P/c1-3-6-24-20(4-2)21(14-26(32)33)25-8-5-7-18(15-30(24)25)31-19(16-34-29-31)11-9-17-10-12-22(27)23(28)13-17/h4,6,10,12-13,16,18,29,34H,3,5,7-9,11,14-15H2,1-2H3,(H,32,33)/b20-4-,24-6+. The molecule has 2 aliphatic rings. The fraction of sp³-hybridized carbons (Fsp3) is 0.423. The van der Waals surface area contributed by atoms with Crippen LogP contribution < -0.4 is 15.8 Å². The molecule has 0 amide bonds. The molecule has 0 saturated heterocycles. The highest BCUT2D eigenvalue weighted by atomic mass is 31.1. The van der Waals surface area contributed by atoms with Crippen LogP contribution in [0, 0.1) is 11.6 Å². The van der Waals surface area contributed by atoms with Crippen molar-refractivity contribution < 1.29 is 18.7 Å². The maximum Gasteiger partial charge on any atom is 0.307 e. The molecule has 2 aromatic rings. The maximum absolute atomic E-state index is 13.6. The molecule has 0 saturated carbocycles. The number of aryl methyl sites for hydroxylation is 1. The molecule has 2 unspecified atom stereocenters. The highest BCUT2D eigenvalue weighted by Crippen LogP contribution is 2.31. The monoisotopic (exact) mass is 487 g/mol. The van der Waals surface area contributed by atoms with Gasteiger partial charge in [-0.3, -0.25) is 4.79 Å². The summed E-state index contributed by atoms with van der Waals surface area (Å²) >= 11 is 0. The SMILES string of the molecule is C/C=c1/c(CC(=O)O)c2n(/c1=C/CC)CC(N1NPC=C1CCc1ccc(F)c(F)c1)CCC2. The summed E-state index contributed by atoms with van der Waals surface area (Å²) in [7, 11) is 0.483. The molecule has 0 spiro atoms. The second-order valence-corrected chi connectivity index (χ2v) is 9.66. The van der Waals surface area contributed by atoms with Gasteiger partial charge in [0.2, 0.25) is 0 Å². The van der Waals surface area contributed by atoms with Gasteiger partial charge in [-0.05, 0) is 88.5 Å². The summed E-state index contributed by atoms with van der Waals surface area (Å²) in [5.41, 5.74) is 4.05. The van der Waals surface area contributed by atoms with E-state index in [0.717, 1.165) is 66.0 Å². The number of benzene rings is 1. The fourth-order valence-corrected chi connectivity index (χ4v) is 6.15. The number of aromatic nitrogens is 1. The van der Waals surface area contributed by atoms with Gasteiger partial charge in [-0.25, -0.2) is 14.0 Å². The maximum atomic E-state index is 13.6. The summed E-state index contributed by atoms with van der Waals surface area (Å²) in [6, 6.07) is 4.34. The van der Waals surface area contributed by atoms with Crippen LogP contribution in [0.4, 0.5) is 8.78 Å². The average Bonchev–Trinajstić information content (AvgIpc) is 3.29. The number of hydrogen-bond donors (Lipinski definition) is 2. The van der Waals surface area contributed by atoms with Gasteiger partial charge in [0.15, 0.2) is 11.6 Å². The number of nitrogens with zero attached hydrogens (tertiary/aromatic N) is 2. The van der Waals surface area contributed by atoms with Crippen molar-refractivity contribution in [3.63, 3.8) is 0 Å². The smallest absolute Gasteiger partial charge is 0.307 e. The molecule has 3 heterocycles. The zero-order valence-electron chi connectivity index (χ0n) is 19.7. The van der Waals surface area contributed by atoms with Crippen LogP contribution >= 0.6 is 8.73 Å². The van der Waals surface area contributed by atoms with E-state index in [9.17, 15) is 18.7 Å². The molecule has 2 atom stereocenters. The van der Waals surface area contributed by atoms with Crippen LogP contribution in [0.1, 0.15) is 56.4 Å². The largest absolute Gasteiger partial charge is 0.481 e. The van der Waals surface area contributed by atoms with Crippen molar-refractivity contribution in [2.75, 3.05) is 0 Å². The number of carboxylic acid groups (broad SMARTS) is 1. The Morgan fingerprint density at radius 2 is 2.12 bits per heavy atom. The predicted molar refractivity (Wildman–Crippen MR) is 133 cm³/mol. The number of nitrogens with one attached hydrogen (secondary N) is 1. The number of rotatable bonds is 7. The van der Waals surface area contributed by atoms with Gasteiger partial charge in [0.1, 0.15) is 0 Å². The summed E-state index contributed by atoms with van der Waals surface area (Å²) in [6.45, 7) is 4.86. The number of allylic oxidation sites excluding steroid dienone is 1. The number of hydrogen-bond acceptors (Lipinski definition) is 3. The van der Waals surface area contributed by atoms with Gasteiger partial charge in [0.05, 0.1) is 12.5 Å². The Bertz CT molecular complexity index is 1220. The van der Waals surface area contributed by atoms with Crippen LogP contribution in [0.2, 0.25) is 0 Å². The van der Waals surface area contributed by atoms with Crippen LogP contribution in [0.25, 0.3) is 12.2 Å². The van der Waals surface area contributed by atoms with Crippen LogP contribution in [0.5, 0.6) is 0 Å². The Labute approximate surface area is 200 Å². The fourth-order valence-electron chi connectivity index (χ4n) is 5.17. The lowest BCUT2D eigenvalue weighted by Gasteiger charge is -2.31. The minimum atomic E-state index is -0.819. The van der Waals surface area contributed by atoms with Crippen molar-refractivity contribution in [3.05, 3.63) is 68.7 Å². The van der Waals surface area contributed by atoms with Crippen molar-refractivity contribution in [2.24, 2.45) is 0 Å². The highest BCUT2D eigenvalue weighted by molar-refractivity contribution is 7.39. The van der Waals surface area contributed by atoms with Crippen molar-refractivity contribution in [1.29, 1.82) is 0 Å². The average molecular weight is 488 g/mol. The Balaban J connectivity index is 1.59. The minimum Gasteiger partial charge on any atom is -0.481 e. The number of hydrazine groups is 1. The third-order valence-electron chi connectivity index (χ3n) is 6.68. The van der Waals surface area contributed by atoms with Crippen molar-refractivity contribution in [3.8, 4) is 0 Å². The molecule has 2 aliphatic heterocycles. The lowest BCUT2D eigenvalue weighted by atomic mass is 10.0. The van der Waals surface area contributed by atoms with Gasteiger partial charge in [-0.15, -0.1) is 0 Å². The van der Waals surface area contributed by atoms with E-state index in [1.54, 1.807) is 6.07 Å². The first-order chi connectivity index (χ1) is 16.4. The zero-order chi connectivity index (χ0) is 24.2. The molecule has 0 aliphatic carbocycles. The van der Waals surface area contributed by atoms with E-state index in [-0.39, 0.29) is 12.5 Å². The van der Waals surface area contributed by atoms with Gasteiger partial charge < -0.3 is 14.7 Å². The third-order valence-corrected chi connectivity index (χ3v) is 7.52. The molecule has 0 bridgehead atoms. The summed E-state index contributed by atoms with van der Waals surface area (Å²) in [5, 5.41) is 17.5. The van der Waals surface area contributed by atoms with Crippen LogP contribution in [-0.2, 0) is 30.6 Å². The number of halogens is 2. The number of carboxylic acids is 1. The molecule has 34 heavy (non-hydrogen) atoms.